The standard InChI is InChI=1S/C23H31FN6/c24-19-6-8-21(9-7-19)29-12-14-30(15-13-29)22-16-18(10-11-26-22)17-27-23(25)28-20-4-2-1-3-5-20/h6-11,16,20H,1-5,12-15,17H2,(H3,25,27,28). The van der Waals surface area contributed by atoms with E-state index in [2.05, 4.69) is 31.2 Å². The number of guanidine groups is 1. The molecule has 1 aromatic heterocycles. The van der Waals surface area contributed by atoms with Gasteiger partial charge in [0.25, 0.3) is 0 Å². The molecule has 0 unspecified atom stereocenters. The highest BCUT2D eigenvalue weighted by Crippen LogP contribution is 2.21. The summed E-state index contributed by atoms with van der Waals surface area (Å²) in [6.45, 7) is 4.07. The molecule has 1 saturated carbocycles. The maximum atomic E-state index is 13.1. The number of benzene rings is 1. The van der Waals surface area contributed by atoms with Crippen LogP contribution in [0.4, 0.5) is 15.9 Å². The van der Waals surface area contributed by atoms with Gasteiger partial charge in [0.05, 0.1) is 6.54 Å². The first kappa shape index (κ1) is 20.4. The summed E-state index contributed by atoms with van der Waals surface area (Å²) in [7, 11) is 0. The summed E-state index contributed by atoms with van der Waals surface area (Å²) < 4.78 is 13.1. The van der Waals surface area contributed by atoms with E-state index in [-0.39, 0.29) is 5.82 Å². The number of nitrogens with one attached hydrogen (secondary N) is 1. The number of pyridine rings is 1. The van der Waals surface area contributed by atoms with E-state index in [4.69, 9.17) is 5.73 Å². The Balaban J connectivity index is 1.31. The van der Waals surface area contributed by atoms with Gasteiger partial charge < -0.3 is 20.9 Å². The number of hydrogen-bond donors (Lipinski definition) is 2. The molecule has 0 amide bonds. The second-order valence-electron chi connectivity index (χ2n) is 8.15. The van der Waals surface area contributed by atoms with Gasteiger partial charge >= 0.3 is 0 Å². The maximum absolute atomic E-state index is 13.1. The predicted molar refractivity (Wildman–Crippen MR) is 120 cm³/mol. The van der Waals surface area contributed by atoms with Crippen LogP contribution >= 0.6 is 0 Å². The topological polar surface area (TPSA) is 69.8 Å². The van der Waals surface area contributed by atoms with E-state index >= 15 is 0 Å². The zero-order valence-electron chi connectivity index (χ0n) is 17.4. The van der Waals surface area contributed by atoms with Gasteiger partial charge in [0, 0.05) is 44.1 Å². The van der Waals surface area contributed by atoms with E-state index in [1.165, 1.54) is 44.2 Å². The van der Waals surface area contributed by atoms with E-state index in [1.807, 2.05) is 24.4 Å². The summed E-state index contributed by atoms with van der Waals surface area (Å²) in [6, 6.07) is 11.3. The molecule has 1 aromatic carbocycles. The molecule has 0 atom stereocenters. The van der Waals surface area contributed by atoms with Gasteiger partial charge in [-0.15, -0.1) is 0 Å². The van der Waals surface area contributed by atoms with E-state index in [0.29, 0.717) is 18.5 Å². The third kappa shape index (κ3) is 5.40. The molecule has 3 N–H and O–H groups in total. The number of hydrogen-bond acceptors (Lipinski definition) is 4. The molecule has 2 heterocycles. The molecule has 0 bridgehead atoms. The Labute approximate surface area is 178 Å². The zero-order chi connectivity index (χ0) is 20.8. The largest absolute Gasteiger partial charge is 0.370 e. The van der Waals surface area contributed by atoms with Crippen molar-refractivity contribution in [2.75, 3.05) is 36.0 Å². The van der Waals surface area contributed by atoms with Crippen LogP contribution in [0, 0.1) is 5.82 Å². The van der Waals surface area contributed by atoms with Crippen LogP contribution in [-0.4, -0.2) is 43.2 Å². The molecule has 160 valence electrons. The number of aliphatic imine (C=N–C) groups is 1. The summed E-state index contributed by atoms with van der Waals surface area (Å²) in [5.74, 6) is 1.31. The first-order chi connectivity index (χ1) is 14.7. The Hall–Kier alpha value is -2.83. The second kappa shape index (κ2) is 9.78. The molecular formula is C23H31FN6. The number of halogens is 1. The molecule has 4 rings (SSSR count). The van der Waals surface area contributed by atoms with Crippen LogP contribution in [0.5, 0.6) is 0 Å². The minimum absolute atomic E-state index is 0.198. The van der Waals surface area contributed by atoms with Crippen molar-refractivity contribution < 1.29 is 4.39 Å². The van der Waals surface area contributed by atoms with Crippen molar-refractivity contribution in [3.8, 4) is 0 Å². The van der Waals surface area contributed by atoms with Gasteiger partial charge in [-0.1, -0.05) is 19.3 Å². The Bertz CT molecular complexity index is 839. The molecule has 2 aliphatic rings. The molecule has 0 spiro atoms. The Morgan fingerprint density at radius 2 is 1.73 bits per heavy atom. The fourth-order valence-electron chi connectivity index (χ4n) is 4.26. The fourth-order valence-corrected chi connectivity index (χ4v) is 4.26. The zero-order valence-corrected chi connectivity index (χ0v) is 17.4. The highest BCUT2D eigenvalue weighted by atomic mass is 19.1. The average Bonchev–Trinajstić information content (AvgIpc) is 2.79. The number of aromatic nitrogens is 1. The maximum Gasteiger partial charge on any atom is 0.189 e. The van der Waals surface area contributed by atoms with Gasteiger partial charge in [0.2, 0.25) is 0 Å². The van der Waals surface area contributed by atoms with Gasteiger partial charge in [0.1, 0.15) is 11.6 Å². The van der Waals surface area contributed by atoms with Crippen molar-refractivity contribution in [3.05, 3.63) is 54.0 Å². The molecular weight excluding hydrogens is 379 g/mol. The molecule has 30 heavy (non-hydrogen) atoms. The first-order valence-electron chi connectivity index (χ1n) is 10.9. The SMILES string of the molecule is NC(=NCc1ccnc(N2CCN(c3ccc(F)cc3)CC2)c1)NC1CCCCC1. The lowest BCUT2D eigenvalue weighted by Crippen LogP contribution is -2.46. The summed E-state index contributed by atoms with van der Waals surface area (Å²) in [4.78, 5) is 13.7. The highest BCUT2D eigenvalue weighted by Gasteiger charge is 2.19. The highest BCUT2D eigenvalue weighted by molar-refractivity contribution is 5.78. The van der Waals surface area contributed by atoms with Gasteiger partial charge in [-0.05, 0) is 54.8 Å². The fraction of sp³-hybridized carbons (Fsp3) is 0.478. The lowest BCUT2D eigenvalue weighted by molar-refractivity contribution is 0.412. The number of piperazine rings is 1. The third-order valence-electron chi connectivity index (χ3n) is 5.99. The van der Waals surface area contributed by atoms with Crippen molar-refractivity contribution in [1.29, 1.82) is 0 Å². The van der Waals surface area contributed by atoms with Gasteiger partial charge in [-0.3, -0.25) is 0 Å². The van der Waals surface area contributed by atoms with Crippen molar-refractivity contribution >= 4 is 17.5 Å². The van der Waals surface area contributed by atoms with Crippen LogP contribution in [0.1, 0.15) is 37.7 Å². The number of nitrogens with two attached hydrogens (primary N) is 1. The smallest absolute Gasteiger partial charge is 0.189 e. The van der Waals surface area contributed by atoms with Crippen molar-refractivity contribution in [2.45, 2.75) is 44.7 Å². The van der Waals surface area contributed by atoms with Crippen LogP contribution in [0.15, 0.2) is 47.6 Å². The van der Waals surface area contributed by atoms with E-state index in [9.17, 15) is 4.39 Å². The summed E-state index contributed by atoms with van der Waals surface area (Å²) in [5.41, 5.74) is 8.27. The van der Waals surface area contributed by atoms with Crippen LogP contribution in [-0.2, 0) is 6.54 Å². The molecule has 1 aliphatic heterocycles. The molecule has 2 fully saturated rings. The molecule has 0 radical (unpaired) electrons. The lowest BCUT2D eigenvalue weighted by Gasteiger charge is -2.36. The minimum Gasteiger partial charge on any atom is -0.370 e. The third-order valence-corrected chi connectivity index (χ3v) is 5.99. The Kier molecular flexibility index (Phi) is 6.67. The summed E-state index contributed by atoms with van der Waals surface area (Å²) >= 11 is 0. The van der Waals surface area contributed by atoms with Gasteiger partial charge in [-0.2, -0.15) is 0 Å². The Morgan fingerprint density at radius 1 is 1.03 bits per heavy atom. The van der Waals surface area contributed by atoms with Crippen molar-refractivity contribution in [2.24, 2.45) is 10.7 Å². The van der Waals surface area contributed by atoms with E-state index < -0.39 is 0 Å². The lowest BCUT2D eigenvalue weighted by atomic mass is 9.96. The predicted octanol–water partition coefficient (Wildman–Crippen LogP) is 3.28. The molecule has 6 nitrogen and oxygen atoms in total. The number of nitrogens with zero attached hydrogens (tertiary/aromatic N) is 4. The van der Waals surface area contributed by atoms with E-state index in [0.717, 1.165) is 43.2 Å². The monoisotopic (exact) mass is 410 g/mol. The molecule has 1 aliphatic carbocycles. The molecule has 2 aromatic rings. The van der Waals surface area contributed by atoms with Crippen molar-refractivity contribution in [3.63, 3.8) is 0 Å². The van der Waals surface area contributed by atoms with Crippen LogP contribution in [0.2, 0.25) is 0 Å². The normalized spacial score (nSPS) is 18.5. The quantitative estimate of drug-likeness (QED) is 0.585. The second-order valence-corrected chi connectivity index (χ2v) is 8.15. The van der Waals surface area contributed by atoms with Crippen LogP contribution in [0.25, 0.3) is 0 Å². The van der Waals surface area contributed by atoms with Crippen LogP contribution in [0.3, 0.4) is 0 Å². The van der Waals surface area contributed by atoms with Gasteiger partial charge in [-0.25, -0.2) is 14.4 Å². The van der Waals surface area contributed by atoms with Crippen LogP contribution < -0.4 is 20.9 Å². The average molecular weight is 411 g/mol. The first-order valence-corrected chi connectivity index (χ1v) is 10.9. The summed E-state index contributed by atoms with van der Waals surface area (Å²) in [5, 5.41) is 3.36. The van der Waals surface area contributed by atoms with Crippen molar-refractivity contribution in [1.82, 2.24) is 10.3 Å². The minimum atomic E-state index is -0.198. The molecule has 7 heteroatoms. The van der Waals surface area contributed by atoms with Gasteiger partial charge in [0.15, 0.2) is 5.96 Å². The number of anilines is 2. The summed E-state index contributed by atoms with van der Waals surface area (Å²) in [6.07, 6.45) is 8.07. The molecule has 1 saturated heterocycles. The number of rotatable bonds is 5. The van der Waals surface area contributed by atoms with E-state index in [1.54, 1.807) is 0 Å². The Morgan fingerprint density at radius 3 is 2.47 bits per heavy atom.